The third-order valence-corrected chi connectivity index (χ3v) is 3.29. The number of nitrogens with zero attached hydrogens (tertiary/aromatic N) is 2. The van der Waals surface area contributed by atoms with Crippen LogP contribution in [0.3, 0.4) is 0 Å². The van der Waals surface area contributed by atoms with Gasteiger partial charge in [-0.25, -0.2) is 0 Å². The van der Waals surface area contributed by atoms with Crippen molar-refractivity contribution in [2.75, 3.05) is 0 Å². The second-order valence-electron chi connectivity index (χ2n) is 4.34. The van der Waals surface area contributed by atoms with Crippen LogP contribution in [0, 0.1) is 22.7 Å². The molecule has 0 atom stereocenters. The summed E-state index contributed by atoms with van der Waals surface area (Å²) in [6.45, 7) is 1.78. The highest BCUT2D eigenvalue weighted by Crippen LogP contribution is 2.22. The van der Waals surface area contributed by atoms with Crippen LogP contribution in [0.5, 0.6) is 0 Å². The van der Waals surface area contributed by atoms with Crippen LogP contribution >= 0.6 is 15.9 Å². The van der Waals surface area contributed by atoms with Crippen LogP contribution in [0.15, 0.2) is 69.6 Å². The molecule has 0 bridgehead atoms. The van der Waals surface area contributed by atoms with Gasteiger partial charge in [0.25, 0.3) is 0 Å². The molecule has 0 fully saturated rings. The van der Waals surface area contributed by atoms with E-state index in [-0.39, 0.29) is 5.57 Å². The fourth-order valence-corrected chi connectivity index (χ4v) is 2.06. The molecule has 0 spiro atoms. The molecule has 0 radical (unpaired) electrons. The Morgan fingerprint density at radius 1 is 1.10 bits per heavy atom. The Kier molecular flexibility index (Phi) is 4.77. The predicted octanol–water partition coefficient (Wildman–Crippen LogP) is 4.62. The van der Waals surface area contributed by atoms with E-state index in [9.17, 15) is 0 Å². The molecule has 21 heavy (non-hydrogen) atoms. The molecule has 1 aliphatic heterocycles. The molecule has 0 amide bonds. The zero-order valence-corrected chi connectivity index (χ0v) is 12.9. The highest BCUT2D eigenvalue weighted by molar-refractivity contribution is 9.10. The maximum Gasteiger partial charge on any atom is 0.137 e. The van der Waals surface area contributed by atoms with Crippen molar-refractivity contribution in [3.8, 4) is 12.1 Å². The number of halogens is 1. The Hall–Kier alpha value is -2.56. The summed E-state index contributed by atoms with van der Waals surface area (Å²) in [6.07, 6.45) is 7.09. The van der Waals surface area contributed by atoms with E-state index in [1.165, 1.54) is 0 Å². The third-order valence-electron chi connectivity index (χ3n) is 2.76. The van der Waals surface area contributed by atoms with Gasteiger partial charge in [0.2, 0.25) is 0 Å². The van der Waals surface area contributed by atoms with Crippen molar-refractivity contribution in [3.05, 3.63) is 75.2 Å². The van der Waals surface area contributed by atoms with Gasteiger partial charge in [-0.05, 0) is 42.8 Å². The molecule has 0 saturated carbocycles. The SMILES string of the molecule is CC1=CC(=C(C#N)C#N)C=C(C=Cc2ccc(Br)cc2)O1. The quantitative estimate of drug-likeness (QED) is 0.739. The largest absolute Gasteiger partial charge is 0.462 e. The number of allylic oxidation sites excluding steroid dienone is 6. The van der Waals surface area contributed by atoms with Crippen LogP contribution in [-0.4, -0.2) is 0 Å². The second-order valence-corrected chi connectivity index (χ2v) is 5.26. The van der Waals surface area contributed by atoms with Gasteiger partial charge in [0.1, 0.15) is 29.2 Å². The van der Waals surface area contributed by atoms with Gasteiger partial charge in [-0.1, -0.05) is 34.1 Å². The predicted molar refractivity (Wildman–Crippen MR) is 84.4 cm³/mol. The maximum absolute atomic E-state index is 8.93. The topological polar surface area (TPSA) is 56.8 Å². The van der Waals surface area contributed by atoms with E-state index < -0.39 is 0 Å². The molecule has 4 heteroatoms. The molecule has 102 valence electrons. The Balaban J connectivity index is 2.29. The minimum absolute atomic E-state index is 0.0761. The fraction of sp³-hybridized carbons (Fsp3) is 0.0588. The van der Waals surface area contributed by atoms with Gasteiger partial charge < -0.3 is 4.74 Å². The lowest BCUT2D eigenvalue weighted by Gasteiger charge is -2.13. The van der Waals surface area contributed by atoms with Crippen LogP contribution in [-0.2, 0) is 4.74 Å². The third kappa shape index (κ3) is 3.95. The van der Waals surface area contributed by atoms with Gasteiger partial charge in [0.05, 0.1) is 0 Å². The normalized spacial score (nSPS) is 13.8. The van der Waals surface area contributed by atoms with Gasteiger partial charge in [-0.3, -0.25) is 0 Å². The van der Waals surface area contributed by atoms with E-state index >= 15 is 0 Å². The fourth-order valence-electron chi connectivity index (χ4n) is 1.79. The summed E-state index contributed by atoms with van der Waals surface area (Å²) >= 11 is 3.39. The molecule has 0 N–H and O–H groups in total. The van der Waals surface area contributed by atoms with Crippen LogP contribution in [0.4, 0.5) is 0 Å². The molecule has 1 aromatic carbocycles. The van der Waals surface area contributed by atoms with Crippen molar-refractivity contribution in [2.45, 2.75) is 6.92 Å². The van der Waals surface area contributed by atoms with Crippen LogP contribution in [0.1, 0.15) is 12.5 Å². The van der Waals surface area contributed by atoms with Gasteiger partial charge >= 0.3 is 0 Å². The standard InChI is InChI=1S/C17H11BrN2O/c1-12-8-14(15(10-19)11-20)9-17(21-12)7-4-13-2-5-16(18)6-3-13/h2-9H,1H3. The van der Waals surface area contributed by atoms with Crippen molar-refractivity contribution >= 4 is 22.0 Å². The van der Waals surface area contributed by atoms with E-state index in [1.807, 2.05) is 48.6 Å². The maximum atomic E-state index is 8.93. The smallest absolute Gasteiger partial charge is 0.137 e. The Morgan fingerprint density at radius 2 is 1.76 bits per heavy atom. The van der Waals surface area contributed by atoms with Crippen molar-refractivity contribution in [2.24, 2.45) is 0 Å². The van der Waals surface area contributed by atoms with Crippen LogP contribution < -0.4 is 0 Å². The summed E-state index contributed by atoms with van der Waals surface area (Å²) in [4.78, 5) is 0. The highest BCUT2D eigenvalue weighted by atomic mass is 79.9. The van der Waals surface area contributed by atoms with Crippen molar-refractivity contribution < 1.29 is 4.74 Å². The molecule has 3 nitrogen and oxygen atoms in total. The molecular weight excluding hydrogens is 328 g/mol. The van der Waals surface area contributed by atoms with E-state index in [4.69, 9.17) is 15.3 Å². The highest BCUT2D eigenvalue weighted by Gasteiger charge is 2.10. The Bertz CT molecular complexity index is 737. The Morgan fingerprint density at radius 3 is 2.38 bits per heavy atom. The summed E-state index contributed by atoms with van der Waals surface area (Å²) < 4.78 is 6.59. The van der Waals surface area contributed by atoms with Gasteiger partial charge in [0, 0.05) is 10.0 Å². The molecule has 0 aliphatic carbocycles. The average Bonchev–Trinajstić information content (AvgIpc) is 2.47. The number of benzene rings is 1. The molecule has 0 saturated heterocycles. The lowest BCUT2D eigenvalue weighted by atomic mass is 10.1. The van der Waals surface area contributed by atoms with Gasteiger partial charge in [-0.15, -0.1) is 0 Å². The lowest BCUT2D eigenvalue weighted by molar-refractivity contribution is 0.318. The minimum atomic E-state index is 0.0761. The summed E-state index contributed by atoms with van der Waals surface area (Å²) in [5.41, 5.74) is 1.67. The van der Waals surface area contributed by atoms with Crippen LogP contribution in [0.25, 0.3) is 6.08 Å². The molecule has 0 aromatic heterocycles. The Labute approximate surface area is 131 Å². The first-order valence-electron chi connectivity index (χ1n) is 6.18. The van der Waals surface area contributed by atoms with Crippen LogP contribution in [0.2, 0.25) is 0 Å². The first-order valence-corrected chi connectivity index (χ1v) is 6.97. The minimum Gasteiger partial charge on any atom is -0.462 e. The molecule has 1 aliphatic rings. The number of ether oxygens (including phenoxy) is 1. The molecule has 1 aromatic rings. The van der Waals surface area contributed by atoms with E-state index in [0.29, 0.717) is 17.1 Å². The van der Waals surface area contributed by atoms with Gasteiger partial charge in [0.15, 0.2) is 0 Å². The lowest BCUT2D eigenvalue weighted by Crippen LogP contribution is -1.97. The summed E-state index contributed by atoms with van der Waals surface area (Å²) in [7, 11) is 0. The van der Waals surface area contributed by atoms with E-state index in [0.717, 1.165) is 10.0 Å². The molecule has 1 heterocycles. The monoisotopic (exact) mass is 338 g/mol. The zero-order chi connectivity index (χ0) is 15.2. The summed E-state index contributed by atoms with van der Waals surface area (Å²) in [6, 6.07) is 11.6. The molecule has 2 rings (SSSR count). The first kappa shape index (κ1) is 14.8. The number of hydrogen-bond acceptors (Lipinski definition) is 3. The van der Waals surface area contributed by atoms with E-state index in [2.05, 4.69) is 15.9 Å². The summed E-state index contributed by atoms with van der Waals surface area (Å²) in [5, 5.41) is 17.9. The zero-order valence-electron chi connectivity index (χ0n) is 11.3. The first-order chi connectivity index (χ1) is 10.1. The molecular formula is C17H11BrN2O. The number of hydrogen-bond donors (Lipinski definition) is 0. The van der Waals surface area contributed by atoms with Crippen molar-refractivity contribution in [3.63, 3.8) is 0 Å². The van der Waals surface area contributed by atoms with E-state index in [1.54, 1.807) is 19.1 Å². The van der Waals surface area contributed by atoms with Crippen molar-refractivity contribution in [1.82, 2.24) is 0 Å². The molecule has 0 unspecified atom stereocenters. The average molecular weight is 339 g/mol. The second kappa shape index (κ2) is 6.74. The van der Waals surface area contributed by atoms with Crippen molar-refractivity contribution in [1.29, 1.82) is 10.5 Å². The number of nitriles is 2. The summed E-state index contributed by atoms with van der Waals surface area (Å²) in [5.74, 6) is 1.24. The van der Waals surface area contributed by atoms with Gasteiger partial charge in [-0.2, -0.15) is 10.5 Å². The number of rotatable bonds is 2.